The first kappa shape index (κ1) is 15.2. The molecule has 0 radical (unpaired) electrons. The van der Waals surface area contributed by atoms with Gasteiger partial charge in [-0.25, -0.2) is 4.39 Å². The molecule has 0 aliphatic heterocycles. The third-order valence-corrected chi connectivity index (χ3v) is 3.60. The van der Waals surface area contributed by atoms with Gasteiger partial charge in [0, 0.05) is 0 Å². The first-order chi connectivity index (χ1) is 9.95. The molecular formula is C18H20FNO. The van der Waals surface area contributed by atoms with Gasteiger partial charge in [0.1, 0.15) is 5.82 Å². The number of aryl methyl sites for hydroxylation is 2. The van der Waals surface area contributed by atoms with Crippen LogP contribution >= 0.6 is 0 Å². The Bertz CT molecular complexity index is 634. The molecule has 0 saturated heterocycles. The summed E-state index contributed by atoms with van der Waals surface area (Å²) in [7, 11) is 0. The number of carbonyl (C=O) groups excluding carboxylic acids is 1. The number of nitrogens with one attached hydrogen (secondary N) is 1. The highest BCUT2D eigenvalue weighted by Gasteiger charge is 2.11. The highest BCUT2D eigenvalue weighted by molar-refractivity contribution is 5.79. The van der Waals surface area contributed by atoms with Gasteiger partial charge in [-0.1, -0.05) is 35.9 Å². The highest BCUT2D eigenvalue weighted by Crippen LogP contribution is 2.15. The van der Waals surface area contributed by atoms with Gasteiger partial charge < -0.3 is 5.32 Å². The fourth-order valence-electron chi connectivity index (χ4n) is 2.29. The molecule has 0 aliphatic carbocycles. The second-order valence-electron chi connectivity index (χ2n) is 5.45. The highest BCUT2D eigenvalue weighted by atomic mass is 19.1. The molecule has 110 valence electrons. The van der Waals surface area contributed by atoms with Crippen LogP contribution in [0.1, 0.15) is 35.2 Å². The van der Waals surface area contributed by atoms with Crippen LogP contribution in [0.25, 0.3) is 0 Å². The molecule has 3 heteroatoms. The zero-order valence-electron chi connectivity index (χ0n) is 12.6. The molecule has 2 rings (SSSR count). The Morgan fingerprint density at radius 3 is 2.48 bits per heavy atom. The van der Waals surface area contributed by atoms with Gasteiger partial charge >= 0.3 is 0 Å². The number of carbonyl (C=O) groups is 1. The van der Waals surface area contributed by atoms with Crippen molar-refractivity contribution in [3.8, 4) is 0 Å². The molecule has 0 fully saturated rings. The summed E-state index contributed by atoms with van der Waals surface area (Å²) in [6.45, 7) is 5.92. The van der Waals surface area contributed by atoms with Crippen LogP contribution in [0, 0.1) is 19.7 Å². The molecule has 0 bridgehead atoms. The maximum atomic E-state index is 12.9. The van der Waals surface area contributed by atoms with Crippen LogP contribution in [0.15, 0.2) is 42.5 Å². The third-order valence-electron chi connectivity index (χ3n) is 3.60. The van der Waals surface area contributed by atoms with Gasteiger partial charge in [0.05, 0.1) is 12.5 Å². The van der Waals surface area contributed by atoms with Crippen molar-refractivity contribution in [1.82, 2.24) is 5.32 Å². The standard InChI is InChI=1S/C18H20FNO/c1-12-4-5-13(2)16(10-12)11-18(21)20-14(3)15-6-8-17(19)9-7-15/h4-10,14H,11H2,1-3H3,(H,20,21)/t14-/m0/s1. The molecule has 0 aromatic heterocycles. The Kier molecular flexibility index (Phi) is 4.73. The van der Waals surface area contributed by atoms with Crippen molar-refractivity contribution in [3.05, 3.63) is 70.5 Å². The van der Waals surface area contributed by atoms with Crippen LogP contribution < -0.4 is 5.32 Å². The first-order valence-electron chi connectivity index (χ1n) is 7.06. The predicted molar refractivity (Wildman–Crippen MR) is 82.6 cm³/mol. The Labute approximate surface area is 125 Å². The largest absolute Gasteiger partial charge is 0.349 e. The Balaban J connectivity index is 2.01. The van der Waals surface area contributed by atoms with Crippen LogP contribution in [0.4, 0.5) is 4.39 Å². The van der Waals surface area contributed by atoms with Crippen molar-refractivity contribution in [1.29, 1.82) is 0 Å². The lowest BCUT2D eigenvalue weighted by Crippen LogP contribution is -2.28. The van der Waals surface area contributed by atoms with Crippen LogP contribution in [0.5, 0.6) is 0 Å². The van der Waals surface area contributed by atoms with Crippen LogP contribution in [0.3, 0.4) is 0 Å². The topological polar surface area (TPSA) is 29.1 Å². The predicted octanol–water partition coefficient (Wildman–Crippen LogP) is 3.86. The van der Waals surface area contributed by atoms with Gasteiger partial charge in [0.2, 0.25) is 5.91 Å². The smallest absolute Gasteiger partial charge is 0.224 e. The summed E-state index contributed by atoms with van der Waals surface area (Å²) in [6.07, 6.45) is 0.360. The monoisotopic (exact) mass is 285 g/mol. The van der Waals surface area contributed by atoms with E-state index in [1.165, 1.54) is 12.1 Å². The molecule has 0 saturated carbocycles. The Hall–Kier alpha value is -2.16. The fourth-order valence-corrected chi connectivity index (χ4v) is 2.29. The fraction of sp³-hybridized carbons (Fsp3) is 0.278. The number of amides is 1. The maximum Gasteiger partial charge on any atom is 0.224 e. The van der Waals surface area contributed by atoms with Crippen LogP contribution in [0.2, 0.25) is 0 Å². The van der Waals surface area contributed by atoms with Crippen molar-refractivity contribution in [3.63, 3.8) is 0 Å². The SMILES string of the molecule is Cc1ccc(C)c(CC(=O)N[C@@H](C)c2ccc(F)cc2)c1. The molecule has 21 heavy (non-hydrogen) atoms. The van der Waals surface area contributed by atoms with E-state index in [1.807, 2.05) is 39.0 Å². The molecule has 2 aromatic rings. The number of benzene rings is 2. The quantitative estimate of drug-likeness (QED) is 0.908. The molecule has 1 atom stereocenters. The molecule has 0 spiro atoms. The number of hydrogen-bond donors (Lipinski definition) is 1. The van der Waals surface area contributed by atoms with Gasteiger partial charge in [-0.2, -0.15) is 0 Å². The molecule has 0 aliphatic rings. The average Bonchev–Trinajstić information content (AvgIpc) is 2.43. The minimum atomic E-state index is -0.271. The Morgan fingerprint density at radius 2 is 1.81 bits per heavy atom. The second kappa shape index (κ2) is 6.53. The molecule has 0 heterocycles. The van der Waals surface area contributed by atoms with Crippen LogP contribution in [-0.4, -0.2) is 5.91 Å². The van der Waals surface area contributed by atoms with E-state index in [1.54, 1.807) is 12.1 Å². The molecule has 0 unspecified atom stereocenters. The third kappa shape index (κ3) is 4.15. The lowest BCUT2D eigenvalue weighted by molar-refractivity contribution is -0.121. The molecule has 1 amide bonds. The molecule has 2 nitrogen and oxygen atoms in total. The zero-order valence-corrected chi connectivity index (χ0v) is 12.6. The van der Waals surface area contributed by atoms with Gasteiger partial charge in [0.25, 0.3) is 0 Å². The molecule has 2 aromatic carbocycles. The van der Waals surface area contributed by atoms with E-state index in [2.05, 4.69) is 5.32 Å². The van der Waals surface area contributed by atoms with Crippen molar-refractivity contribution in [2.75, 3.05) is 0 Å². The minimum Gasteiger partial charge on any atom is -0.349 e. The maximum absolute atomic E-state index is 12.9. The molecular weight excluding hydrogens is 265 g/mol. The van der Waals surface area contributed by atoms with Gasteiger partial charge in [-0.05, 0) is 49.6 Å². The lowest BCUT2D eigenvalue weighted by Gasteiger charge is -2.15. The van der Waals surface area contributed by atoms with Crippen molar-refractivity contribution >= 4 is 5.91 Å². The number of rotatable bonds is 4. The number of halogens is 1. The van der Waals surface area contributed by atoms with E-state index in [4.69, 9.17) is 0 Å². The zero-order chi connectivity index (χ0) is 15.4. The summed E-state index contributed by atoms with van der Waals surface area (Å²) in [5.41, 5.74) is 4.20. The van der Waals surface area contributed by atoms with E-state index in [-0.39, 0.29) is 17.8 Å². The summed E-state index contributed by atoms with van der Waals surface area (Å²) in [5, 5.41) is 2.95. The molecule has 1 N–H and O–H groups in total. The summed E-state index contributed by atoms with van der Waals surface area (Å²) < 4.78 is 12.9. The van der Waals surface area contributed by atoms with Crippen molar-refractivity contribution in [2.24, 2.45) is 0 Å². The second-order valence-corrected chi connectivity index (χ2v) is 5.45. The van der Waals surface area contributed by atoms with E-state index < -0.39 is 0 Å². The summed E-state index contributed by atoms with van der Waals surface area (Å²) in [6, 6.07) is 12.2. The average molecular weight is 285 g/mol. The first-order valence-corrected chi connectivity index (χ1v) is 7.06. The number of hydrogen-bond acceptors (Lipinski definition) is 1. The van der Waals surface area contributed by atoms with E-state index >= 15 is 0 Å². The summed E-state index contributed by atoms with van der Waals surface area (Å²) in [4.78, 5) is 12.1. The van der Waals surface area contributed by atoms with Crippen molar-refractivity contribution in [2.45, 2.75) is 33.2 Å². The van der Waals surface area contributed by atoms with Gasteiger partial charge in [-0.3, -0.25) is 4.79 Å². The summed E-state index contributed by atoms with van der Waals surface area (Å²) >= 11 is 0. The van der Waals surface area contributed by atoms with E-state index in [0.717, 1.165) is 22.3 Å². The van der Waals surface area contributed by atoms with Crippen LogP contribution in [-0.2, 0) is 11.2 Å². The van der Waals surface area contributed by atoms with Crippen molar-refractivity contribution < 1.29 is 9.18 Å². The summed E-state index contributed by atoms with van der Waals surface area (Å²) in [5.74, 6) is -0.298. The lowest BCUT2D eigenvalue weighted by atomic mass is 10.0. The van der Waals surface area contributed by atoms with E-state index in [9.17, 15) is 9.18 Å². The normalized spacial score (nSPS) is 12.0. The Morgan fingerprint density at radius 1 is 1.14 bits per heavy atom. The minimum absolute atomic E-state index is 0.0273. The van der Waals surface area contributed by atoms with Gasteiger partial charge in [0.15, 0.2) is 0 Å². The van der Waals surface area contributed by atoms with E-state index in [0.29, 0.717) is 6.42 Å². The van der Waals surface area contributed by atoms with Gasteiger partial charge in [-0.15, -0.1) is 0 Å².